The van der Waals surface area contributed by atoms with Gasteiger partial charge < -0.3 is 14.8 Å². The fourth-order valence-corrected chi connectivity index (χ4v) is 4.00. The van der Waals surface area contributed by atoms with Crippen LogP contribution in [-0.4, -0.2) is 29.9 Å². The summed E-state index contributed by atoms with van der Waals surface area (Å²) in [4.78, 5) is 26.9. The minimum Gasteiger partial charge on any atom is -0.493 e. The molecule has 0 saturated heterocycles. The van der Waals surface area contributed by atoms with Crippen molar-refractivity contribution in [1.82, 2.24) is 15.1 Å². The summed E-state index contributed by atoms with van der Waals surface area (Å²) in [5, 5.41) is 7.52. The van der Waals surface area contributed by atoms with E-state index in [1.807, 2.05) is 79.7 Å². The van der Waals surface area contributed by atoms with Crippen molar-refractivity contribution in [2.24, 2.45) is 7.05 Å². The van der Waals surface area contributed by atoms with Gasteiger partial charge in [-0.25, -0.2) is 4.68 Å². The zero-order valence-electron chi connectivity index (χ0n) is 20.1. The van der Waals surface area contributed by atoms with Crippen molar-refractivity contribution in [3.8, 4) is 33.9 Å². The number of amides is 1. The molecule has 7 nitrogen and oxygen atoms in total. The Kier molecular flexibility index (Phi) is 6.96. The molecule has 0 aliphatic rings. The summed E-state index contributed by atoms with van der Waals surface area (Å²) in [5.74, 6) is 0.672. The standard InChI is InChI=1S/C28H27N3O4/c1-18(21-15-16-22(34-3)23(17-21)35-4)29-27(32)25-24(19-11-7-5-8-12-19)26(30-31(2)28(25)33)20-13-9-6-10-14-20/h5-18H,1-4H3,(H,29,32). The molecular formula is C28H27N3O4. The van der Waals surface area contributed by atoms with Gasteiger partial charge in [-0.15, -0.1) is 0 Å². The molecule has 0 bridgehead atoms. The lowest BCUT2D eigenvalue weighted by molar-refractivity contribution is 0.0938. The molecule has 178 valence electrons. The second-order valence-electron chi connectivity index (χ2n) is 8.07. The predicted molar refractivity (Wildman–Crippen MR) is 136 cm³/mol. The maximum Gasteiger partial charge on any atom is 0.280 e. The number of rotatable bonds is 7. The summed E-state index contributed by atoms with van der Waals surface area (Å²) < 4.78 is 11.9. The van der Waals surface area contributed by atoms with Crippen LogP contribution in [0.3, 0.4) is 0 Å². The average molecular weight is 470 g/mol. The fraction of sp³-hybridized carbons (Fsp3) is 0.179. The molecule has 1 atom stereocenters. The molecule has 0 aliphatic carbocycles. The van der Waals surface area contributed by atoms with E-state index < -0.39 is 17.5 Å². The first kappa shape index (κ1) is 23.8. The monoisotopic (exact) mass is 469 g/mol. The van der Waals surface area contributed by atoms with Crippen LogP contribution in [0, 0.1) is 0 Å². The number of hydrogen-bond donors (Lipinski definition) is 1. The molecule has 1 heterocycles. The Hall–Kier alpha value is -4.39. The SMILES string of the molecule is COc1ccc(C(C)NC(=O)c2c(-c3ccccc3)c(-c3ccccc3)nn(C)c2=O)cc1OC. The highest BCUT2D eigenvalue weighted by molar-refractivity contribution is 6.03. The number of nitrogens with zero attached hydrogens (tertiary/aromatic N) is 2. The lowest BCUT2D eigenvalue weighted by Crippen LogP contribution is -2.35. The molecule has 35 heavy (non-hydrogen) atoms. The first-order chi connectivity index (χ1) is 16.9. The Labute approximate surface area is 204 Å². The molecule has 0 fully saturated rings. The second-order valence-corrected chi connectivity index (χ2v) is 8.07. The van der Waals surface area contributed by atoms with Gasteiger partial charge >= 0.3 is 0 Å². The van der Waals surface area contributed by atoms with Crippen molar-refractivity contribution in [3.63, 3.8) is 0 Å². The van der Waals surface area contributed by atoms with E-state index in [0.29, 0.717) is 22.8 Å². The van der Waals surface area contributed by atoms with Gasteiger partial charge in [0.25, 0.3) is 11.5 Å². The normalized spacial score (nSPS) is 11.5. The van der Waals surface area contributed by atoms with Gasteiger partial charge in [0.05, 0.1) is 26.0 Å². The van der Waals surface area contributed by atoms with Crippen molar-refractivity contribution in [2.75, 3.05) is 14.2 Å². The van der Waals surface area contributed by atoms with E-state index in [1.165, 1.54) is 4.68 Å². The number of methoxy groups -OCH3 is 2. The molecule has 3 aromatic carbocycles. The summed E-state index contributed by atoms with van der Waals surface area (Å²) in [5.41, 5.74) is 2.98. The first-order valence-corrected chi connectivity index (χ1v) is 11.2. The summed E-state index contributed by atoms with van der Waals surface area (Å²) in [7, 11) is 4.68. The molecule has 0 aliphatic heterocycles. The molecule has 1 aromatic heterocycles. The van der Waals surface area contributed by atoms with E-state index >= 15 is 0 Å². The van der Waals surface area contributed by atoms with Crippen LogP contribution in [0.25, 0.3) is 22.4 Å². The number of nitrogens with one attached hydrogen (secondary N) is 1. The zero-order chi connectivity index (χ0) is 24.9. The molecule has 1 unspecified atom stereocenters. The molecule has 0 spiro atoms. The Bertz CT molecular complexity index is 1400. The molecule has 7 heteroatoms. The number of hydrogen-bond acceptors (Lipinski definition) is 5. The molecule has 0 saturated carbocycles. The average Bonchev–Trinajstić information content (AvgIpc) is 2.90. The third kappa shape index (κ3) is 4.80. The first-order valence-electron chi connectivity index (χ1n) is 11.2. The molecule has 4 aromatic rings. The van der Waals surface area contributed by atoms with E-state index in [-0.39, 0.29) is 5.56 Å². The van der Waals surface area contributed by atoms with Crippen LogP contribution >= 0.6 is 0 Å². The predicted octanol–water partition coefficient (Wildman–Crippen LogP) is 4.62. The summed E-state index contributed by atoms with van der Waals surface area (Å²) in [6.45, 7) is 1.85. The van der Waals surface area contributed by atoms with Gasteiger partial charge in [0, 0.05) is 18.2 Å². The van der Waals surface area contributed by atoms with Crippen molar-refractivity contribution in [2.45, 2.75) is 13.0 Å². The maximum absolute atomic E-state index is 13.6. The van der Waals surface area contributed by atoms with Crippen LogP contribution in [0.4, 0.5) is 0 Å². The third-order valence-corrected chi connectivity index (χ3v) is 5.84. The number of aromatic nitrogens is 2. The van der Waals surface area contributed by atoms with E-state index in [9.17, 15) is 9.59 Å². The van der Waals surface area contributed by atoms with Crippen LogP contribution in [0.2, 0.25) is 0 Å². The van der Waals surface area contributed by atoms with Gasteiger partial charge in [-0.3, -0.25) is 9.59 Å². The molecule has 4 rings (SSSR count). The highest BCUT2D eigenvalue weighted by Crippen LogP contribution is 2.33. The largest absolute Gasteiger partial charge is 0.493 e. The summed E-state index contributed by atoms with van der Waals surface area (Å²) in [6.07, 6.45) is 0. The quantitative estimate of drug-likeness (QED) is 0.427. The van der Waals surface area contributed by atoms with Crippen molar-refractivity contribution < 1.29 is 14.3 Å². The van der Waals surface area contributed by atoms with Gasteiger partial charge in [-0.2, -0.15) is 5.10 Å². The Morgan fingerprint density at radius 2 is 1.49 bits per heavy atom. The number of carbonyl (C=O) groups excluding carboxylic acids is 1. The Morgan fingerprint density at radius 1 is 0.886 bits per heavy atom. The van der Waals surface area contributed by atoms with Gasteiger partial charge in [-0.1, -0.05) is 66.7 Å². The van der Waals surface area contributed by atoms with Crippen LogP contribution < -0.4 is 20.3 Å². The topological polar surface area (TPSA) is 82.5 Å². The molecule has 0 radical (unpaired) electrons. The number of ether oxygens (including phenoxy) is 2. The van der Waals surface area contributed by atoms with Crippen LogP contribution in [0.15, 0.2) is 83.7 Å². The van der Waals surface area contributed by atoms with E-state index in [4.69, 9.17) is 9.47 Å². The van der Waals surface area contributed by atoms with Gasteiger partial charge in [0.1, 0.15) is 5.56 Å². The van der Waals surface area contributed by atoms with Crippen molar-refractivity contribution in [1.29, 1.82) is 0 Å². The Balaban J connectivity index is 1.83. The highest BCUT2D eigenvalue weighted by atomic mass is 16.5. The fourth-order valence-electron chi connectivity index (χ4n) is 4.00. The number of aryl methyl sites for hydroxylation is 1. The van der Waals surface area contributed by atoms with Gasteiger partial charge in [0.2, 0.25) is 0 Å². The minimum atomic E-state index is -0.480. The van der Waals surface area contributed by atoms with E-state index in [2.05, 4.69) is 10.4 Å². The lowest BCUT2D eigenvalue weighted by Gasteiger charge is -2.19. The smallest absolute Gasteiger partial charge is 0.280 e. The summed E-state index contributed by atoms with van der Waals surface area (Å²) in [6, 6.07) is 23.9. The zero-order valence-corrected chi connectivity index (χ0v) is 20.1. The van der Waals surface area contributed by atoms with Gasteiger partial charge in [-0.05, 0) is 30.2 Å². The molecule has 1 amide bonds. The Morgan fingerprint density at radius 3 is 2.09 bits per heavy atom. The number of benzene rings is 3. The third-order valence-electron chi connectivity index (χ3n) is 5.84. The van der Waals surface area contributed by atoms with E-state index in [1.54, 1.807) is 27.3 Å². The maximum atomic E-state index is 13.6. The highest BCUT2D eigenvalue weighted by Gasteiger charge is 2.25. The minimum absolute atomic E-state index is 0.0416. The van der Waals surface area contributed by atoms with Crippen molar-refractivity contribution >= 4 is 5.91 Å². The molecular weight excluding hydrogens is 442 g/mol. The molecule has 1 N–H and O–H groups in total. The van der Waals surface area contributed by atoms with E-state index in [0.717, 1.165) is 16.7 Å². The lowest BCUT2D eigenvalue weighted by atomic mass is 9.95. The summed E-state index contributed by atoms with van der Waals surface area (Å²) >= 11 is 0. The van der Waals surface area contributed by atoms with Crippen LogP contribution in [0.1, 0.15) is 28.9 Å². The van der Waals surface area contributed by atoms with Gasteiger partial charge in [0.15, 0.2) is 11.5 Å². The van der Waals surface area contributed by atoms with Crippen LogP contribution in [-0.2, 0) is 7.05 Å². The second kappa shape index (κ2) is 10.3. The van der Waals surface area contributed by atoms with Crippen LogP contribution in [0.5, 0.6) is 11.5 Å². The van der Waals surface area contributed by atoms with Crippen molar-refractivity contribution in [3.05, 3.63) is 100 Å². The number of carbonyl (C=O) groups is 1.